The standard InChI is InChI=1S/C16H20ClFN2S/c1-21-12-7-5-11(6-8-12)20-14-4-2-3-13(18)16(14)19-15(20)9-10-17/h2-4,11-12H,5-10H2,1H3. The fourth-order valence-corrected chi connectivity index (χ4v) is 4.25. The summed E-state index contributed by atoms with van der Waals surface area (Å²) in [6.07, 6.45) is 7.61. The number of fused-ring (bicyclic) bond motifs is 1. The number of thioether (sulfide) groups is 1. The molecule has 1 aliphatic carbocycles. The van der Waals surface area contributed by atoms with E-state index in [-0.39, 0.29) is 5.82 Å². The van der Waals surface area contributed by atoms with Crippen molar-refractivity contribution in [3.63, 3.8) is 0 Å². The fraction of sp³-hybridized carbons (Fsp3) is 0.562. The molecular weight excluding hydrogens is 307 g/mol. The molecule has 1 heterocycles. The minimum atomic E-state index is -0.236. The van der Waals surface area contributed by atoms with E-state index in [0.717, 1.165) is 29.4 Å². The highest BCUT2D eigenvalue weighted by molar-refractivity contribution is 7.99. The van der Waals surface area contributed by atoms with E-state index in [4.69, 9.17) is 11.6 Å². The summed E-state index contributed by atoms with van der Waals surface area (Å²) in [5.74, 6) is 1.21. The minimum absolute atomic E-state index is 0.236. The van der Waals surface area contributed by atoms with Gasteiger partial charge in [-0.2, -0.15) is 11.8 Å². The quantitative estimate of drug-likeness (QED) is 0.751. The van der Waals surface area contributed by atoms with Crippen LogP contribution in [-0.4, -0.2) is 26.9 Å². The Morgan fingerprint density at radius 1 is 1.33 bits per heavy atom. The van der Waals surface area contributed by atoms with E-state index in [1.165, 1.54) is 18.9 Å². The van der Waals surface area contributed by atoms with E-state index in [1.54, 1.807) is 6.07 Å². The maximum atomic E-state index is 14.0. The molecule has 1 aromatic carbocycles. The molecule has 5 heteroatoms. The van der Waals surface area contributed by atoms with Crippen LogP contribution in [0.5, 0.6) is 0 Å². The number of aromatic nitrogens is 2. The van der Waals surface area contributed by atoms with E-state index in [0.29, 0.717) is 23.9 Å². The maximum absolute atomic E-state index is 14.0. The van der Waals surface area contributed by atoms with Gasteiger partial charge in [0.25, 0.3) is 0 Å². The van der Waals surface area contributed by atoms with Gasteiger partial charge in [-0.25, -0.2) is 9.37 Å². The van der Waals surface area contributed by atoms with E-state index in [9.17, 15) is 4.39 Å². The second-order valence-electron chi connectivity index (χ2n) is 5.61. The molecule has 0 saturated heterocycles. The van der Waals surface area contributed by atoms with Gasteiger partial charge >= 0.3 is 0 Å². The molecule has 1 aliphatic rings. The zero-order valence-electron chi connectivity index (χ0n) is 12.2. The zero-order valence-corrected chi connectivity index (χ0v) is 13.8. The Bertz CT molecular complexity index is 620. The van der Waals surface area contributed by atoms with Gasteiger partial charge in [0.15, 0.2) is 5.82 Å². The highest BCUT2D eigenvalue weighted by Gasteiger charge is 2.25. The lowest BCUT2D eigenvalue weighted by Crippen LogP contribution is -2.21. The molecule has 1 aromatic heterocycles. The van der Waals surface area contributed by atoms with Crippen LogP contribution in [0.3, 0.4) is 0 Å². The summed E-state index contributed by atoms with van der Waals surface area (Å²) in [6, 6.07) is 5.66. The van der Waals surface area contributed by atoms with Gasteiger partial charge in [-0.1, -0.05) is 6.07 Å². The average molecular weight is 327 g/mol. The van der Waals surface area contributed by atoms with Crippen molar-refractivity contribution >= 4 is 34.4 Å². The molecule has 0 unspecified atom stereocenters. The van der Waals surface area contributed by atoms with Crippen LogP contribution in [0.15, 0.2) is 18.2 Å². The molecule has 114 valence electrons. The second-order valence-corrected chi connectivity index (χ2v) is 7.13. The lowest BCUT2D eigenvalue weighted by atomic mass is 9.94. The molecule has 0 radical (unpaired) electrons. The predicted molar refractivity (Wildman–Crippen MR) is 88.9 cm³/mol. The highest BCUT2D eigenvalue weighted by atomic mass is 35.5. The topological polar surface area (TPSA) is 17.8 Å². The first-order valence-electron chi connectivity index (χ1n) is 7.48. The molecule has 0 N–H and O–H groups in total. The number of halogens is 2. The Kier molecular flexibility index (Phi) is 4.75. The third-order valence-corrected chi connectivity index (χ3v) is 5.73. The largest absolute Gasteiger partial charge is 0.325 e. The first-order chi connectivity index (χ1) is 10.2. The zero-order chi connectivity index (χ0) is 14.8. The molecule has 0 amide bonds. The second kappa shape index (κ2) is 6.57. The lowest BCUT2D eigenvalue weighted by molar-refractivity contribution is 0.359. The molecule has 2 nitrogen and oxygen atoms in total. The van der Waals surface area contributed by atoms with Crippen molar-refractivity contribution in [1.82, 2.24) is 9.55 Å². The van der Waals surface area contributed by atoms with Crippen LogP contribution in [0.4, 0.5) is 4.39 Å². The van der Waals surface area contributed by atoms with Gasteiger partial charge in [0.05, 0.1) is 5.52 Å². The van der Waals surface area contributed by atoms with Gasteiger partial charge in [-0.15, -0.1) is 11.6 Å². The molecule has 21 heavy (non-hydrogen) atoms. The third kappa shape index (κ3) is 2.93. The highest BCUT2D eigenvalue weighted by Crippen LogP contribution is 2.36. The van der Waals surface area contributed by atoms with Crippen LogP contribution >= 0.6 is 23.4 Å². The summed E-state index contributed by atoms with van der Waals surface area (Å²) in [4.78, 5) is 4.51. The Morgan fingerprint density at radius 2 is 2.10 bits per heavy atom. The van der Waals surface area contributed by atoms with Crippen LogP contribution in [0.25, 0.3) is 11.0 Å². The minimum Gasteiger partial charge on any atom is -0.325 e. The summed E-state index contributed by atoms with van der Waals surface area (Å²) >= 11 is 7.87. The van der Waals surface area contributed by atoms with Gasteiger partial charge in [0.1, 0.15) is 11.3 Å². The maximum Gasteiger partial charge on any atom is 0.151 e. The Balaban J connectivity index is 2.00. The Labute approximate surface area is 134 Å². The monoisotopic (exact) mass is 326 g/mol. The lowest BCUT2D eigenvalue weighted by Gasteiger charge is -2.30. The number of hydrogen-bond donors (Lipinski definition) is 0. The molecule has 2 aromatic rings. The Hall–Kier alpha value is -0.740. The van der Waals surface area contributed by atoms with Crippen LogP contribution in [0, 0.1) is 5.82 Å². The summed E-state index contributed by atoms with van der Waals surface area (Å²) in [7, 11) is 0. The summed E-state index contributed by atoms with van der Waals surface area (Å²) in [5, 5.41) is 0.768. The van der Waals surface area contributed by atoms with Crippen molar-refractivity contribution in [1.29, 1.82) is 0 Å². The van der Waals surface area contributed by atoms with Crippen molar-refractivity contribution < 1.29 is 4.39 Å². The van der Waals surface area contributed by atoms with Gasteiger partial charge in [-0.05, 0) is 44.1 Å². The molecule has 1 fully saturated rings. The number of nitrogens with zero attached hydrogens (tertiary/aromatic N) is 2. The smallest absolute Gasteiger partial charge is 0.151 e. The van der Waals surface area contributed by atoms with Crippen LogP contribution in [0.1, 0.15) is 37.5 Å². The van der Waals surface area contributed by atoms with Gasteiger partial charge in [0.2, 0.25) is 0 Å². The number of hydrogen-bond acceptors (Lipinski definition) is 2. The van der Waals surface area contributed by atoms with Crippen molar-refractivity contribution in [2.24, 2.45) is 0 Å². The molecule has 1 saturated carbocycles. The summed E-state index contributed by atoms with van der Waals surface area (Å²) in [5.41, 5.74) is 1.41. The van der Waals surface area contributed by atoms with Crippen molar-refractivity contribution in [3.8, 4) is 0 Å². The number of alkyl halides is 1. The van der Waals surface area contributed by atoms with Crippen molar-refractivity contribution in [3.05, 3.63) is 29.8 Å². The number of benzene rings is 1. The SMILES string of the molecule is CSC1CCC(n2c(CCCl)nc3c(F)cccc32)CC1. The number of imidazole rings is 1. The van der Waals surface area contributed by atoms with Crippen LogP contribution < -0.4 is 0 Å². The number of aryl methyl sites for hydroxylation is 1. The first kappa shape index (κ1) is 15.2. The van der Waals surface area contributed by atoms with Crippen LogP contribution in [0.2, 0.25) is 0 Å². The van der Waals surface area contributed by atoms with Crippen LogP contribution in [-0.2, 0) is 6.42 Å². The third-order valence-electron chi connectivity index (χ3n) is 4.40. The van der Waals surface area contributed by atoms with E-state index in [1.807, 2.05) is 17.8 Å². The first-order valence-corrected chi connectivity index (χ1v) is 9.31. The van der Waals surface area contributed by atoms with E-state index < -0.39 is 0 Å². The Morgan fingerprint density at radius 3 is 2.76 bits per heavy atom. The van der Waals surface area contributed by atoms with E-state index in [2.05, 4.69) is 15.8 Å². The van der Waals surface area contributed by atoms with Crippen molar-refractivity contribution in [2.45, 2.75) is 43.4 Å². The number of rotatable bonds is 4. The average Bonchev–Trinajstić information content (AvgIpc) is 2.87. The molecule has 0 spiro atoms. The molecule has 3 rings (SSSR count). The molecule has 0 aliphatic heterocycles. The molecule has 0 bridgehead atoms. The van der Waals surface area contributed by atoms with Gasteiger partial charge in [-0.3, -0.25) is 0 Å². The van der Waals surface area contributed by atoms with E-state index >= 15 is 0 Å². The predicted octanol–water partition coefficient (Wildman–Crippen LogP) is 4.80. The van der Waals surface area contributed by atoms with Gasteiger partial charge in [0, 0.05) is 23.6 Å². The normalized spacial score (nSPS) is 22.8. The fourth-order valence-electron chi connectivity index (χ4n) is 3.34. The van der Waals surface area contributed by atoms with Gasteiger partial charge < -0.3 is 4.57 Å². The summed E-state index contributed by atoms with van der Waals surface area (Å²) in [6.45, 7) is 0. The number of para-hydroxylation sites is 1. The summed E-state index contributed by atoms with van der Waals surface area (Å²) < 4.78 is 16.2. The molecular formula is C16H20ClFN2S. The van der Waals surface area contributed by atoms with Crippen molar-refractivity contribution in [2.75, 3.05) is 12.1 Å². The molecule has 0 atom stereocenters.